The number of hydrogen-bond acceptors (Lipinski definition) is 6. The molecule has 0 radical (unpaired) electrons. The summed E-state index contributed by atoms with van der Waals surface area (Å²) in [6, 6.07) is 4.00. The number of thiophene rings is 1. The molecule has 0 N–H and O–H groups in total. The van der Waals surface area contributed by atoms with Crippen LogP contribution < -0.4 is 4.90 Å². The molecule has 1 saturated heterocycles. The van der Waals surface area contributed by atoms with Crippen LogP contribution in [0.5, 0.6) is 0 Å². The van der Waals surface area contributed by atoms with Crippen molar-refractivity contribution >= 4 is 28.6 Å². The van der Waals surface area contributed by atoms with Crippen molar-refractivity contribution < 1.29 is 4.79 Å². The summed E-state index contributed by atoms with van der Waals surface area (Å²) in [5.41, 5.74) is 0.748. The fourth-order valence-corrected chi connectivity index (χ4v) is 3.70. The van der Waals surface area contributed by atoms with Crippen molar-refractivity contribution in [3.05, 3.63) is 41.1 Å². The summed E-state index contributed by atoms with van der Waals surface area (Å²) >= 11 is 1.51. The molecule has 0 aliphatic carbocycles. The lowest BCUT2D eigenvalue weighted by Crippen LogP contribution is -2.32. The van der Waals surface area contributed by atoms with Gasteiger partial charge in [0.2, 0.25) is 5.65 Å². The lowest BCUT2D eigenvalue weighted by molar-refractivity contribution is 0.0978. The maximum Gasteiger partial charge on any atom is 0.203 e. The van der Waals surface area contributed by atoms with Gasteiger partial charge in [0.05, 0.1) is 4.88 Å². The zero-order chi connectivity index (χ0) is 14.9. The number of fused-ring (bicyclic) bond motifs is 1. The van der Waals surface area contributed by atoms with E-state index in [-0.39, 0.29) is 11.8 Å². The Hall–Kier alpha value is -2.28. The van der Waals surface area contributed by atoms with Gasteiger partial charge >= 0.3 is 0 Å². The fourth-order valence-electron chi connectivity index (χ4n) is 3.03. The first-order chi connectivity index (χ1) is 10.8. The summed E-state index contributed by atoms with van der Waals surface area (Å²) in [5.74, 6) is 1.03. The van der Waals surface area contributed by atoms with E-state index in [1.54, 1.807) is 12.5 Å². The third-order valence-corrected chi connectivity index (χ3v) is 4.97. The van der Waals surface area contributed by atoms with E-state index < -0.39 is 0 Å². The maximum absolute atomic E-state index is 12.4. The molecular formula is C15H15N5OS. The Kier molecular flexibility index (Phi) is 3.34. The van der Waals surface area contributed by atoms with Crippen LogP contribution in [0.2, 0.25) is 0 Å². The number of ketones is 1. The minimum atomic E-state index is 0.185. The van der Waals surface area contributed by atoms with Crippen molar-refractivity contribution in [2.24, 2.45) is 0 Å². The average molecular weight is 313 g/mol. The fraction of sp³-hybridized carbons (Fsp3) is 0.333. The van der Waals surface area contributed by atoms with Crippen LogP contribution in [0.15, 0.2) is 36.2 Å². The molecule has 0 amide bonds. The lowest BCUT2D eigenvalue weighted by atomic mass is 10.1. The maximum atomic E-state index is 12.4. The average Bonchev–Trinajstić information content (AvgIpc) is 3.27. The molecular weight excluding hydrogens is 298 g/mol. The first-order valence-electron chi connectivity index (χ1n) is 7.30. The van der Waals surface area contributed by atoms with Crippen LogP contribution in [0.3, 0.4) is 0 Å². The predicted molar refractivity (Wildman–Crippen MR) is 84.4 cm³/mol. The van der Waals surface area contributed by atoms with Gasteiger partial charge in [-0.15, -0.1) is 21.5 Å². The molecule has 0 spiro atoms. The van der Waals surface area contributed by atoms with Gasteiger partial charge < -0.3 is 4.90 Å². The van der Waals surface area contributed by atoms with Gasteiger partial charge in [-0.3, -0.25) is 9.20 Å². The Bertz CT molecular complexity index is 797. The van der Waals surface area contributed by atoms with Crippen LogP contribution >= 0.6 is 11.3 Å². The van der Waals surface area contributed by atoms with E-state index >= 15 is 0 Å². The molecule has 1 aliphatic rings. The second-order valence-electron chi connectivity index (χ2n) is 5.41. The van der Waals surface area contributed by atoms with E-state index in [0.29, 0.717) is 6.42 Å². The SMILES string of the molecule is O=C(CC1CCCN1c1nccn2cnnc12)c1cccs1. The molecule has 0 bridgehead atoms. The Morgan fingerprint density at radius 3 is 3.27 bits per heavy atom. The number of aromatic nitrogens is 4. The summed E-state index contributed by atoms with van der Waals surface area (Å²) in [7, 11) is 0. The second-order valence-corrected chi connectivity index (χ2v) is 6.35. The zero-order valence-corrected chi connectivity index (χ0v) is 12.7. The van der Waals surface area contributed by atoms with Gasteiger partial charge in [0, 0.05) is 31.4 Å². The summed E-state index contributed by atoms with van der Waals surface area (Å²) < 4.78 is 1.86. The molecule has 4 heterocycles. The highest BCUT2D eigenvalue weighted by Gasteiger charge is 2.30. The van der Waals surface area contributed by atoms with Gasteiger partial charge in [-0.1, -0.05) is 6.07 Å². The molecule has 4 rings (SSSR count). The Morgan fingerprint density at radius 2 is 2.41 bits per heavy atom. The third kappa shape index (κ3) is 2.27. The number of rotatable bonds is 4. The normalized spacial score (nSPS) is 18.2. The molecule has 0 saturated carbocycles. The third-order valence-electron chi connectivity index (χ3n) is 4.06. The molecule has 1 fully saturated rings. The topological polar surface area (TPSA) is 63.4 Å². The second kappa shape index (κ2) is 5.49. The van der Waals surface area contributed by atoms with E-state index in [1.807, 2.05) is 28.1 Å². The predicted octanol–water partition coefficient (Wildman–Crippen LogP) is 2.43. The van der Waals surface area contributed by atoms with E-state index in [0.717, 1.165) is 35.7 Å². The summed E-state index contributed by atoms with van der Waals surface area (Å²) in [4.78, 5) is 19.9. The molecule has 112 valence electrons. The Labute approximate surface area is 131 Å². The van der Waals surface area contributed by atoms with Crippen molar-refractivity contribution in [2.45, 2.75) is 25.3 Å². The van der Waals surface area contributed by atoms with Crippen LogP contribution in [0.25, 0.3) is 5.65 Å². The van der Waals surface area contributed by atoms with E-state index in [1.165, 1.54) is 11.3 Å². The van der Waals surface area contributed by atoms with E-state index in [9.17, 15) is 4.79 Å². The Balaban J connectivity index is 1.61. The van der Waals surface area contributed by atoms with Crippen molar-refractivity contribution in [3.8, 4) is 0 Å². The number of nitrogens with zero attached hydrogens (tertiary/aromatic N) is 5. The van der Waals surface area contributed by atoms with Crippen LogP contribution in [-0.4, -0.2) is 38.0 Å². The van der Waals surface area contributed by atoms with Gasteiger partial charge in [-0.25, -0.2) is 4.98 Å². The van der Waals surface area contributed by atoms with Gasteiger partial charge in [-0.05, 0) is 24.3 Å². The highest BCUT2D eigenvalue weighted by atomic mass is 32.1. The van der Waals surface area contributed by atoms with Crippen molar-refractivity contribution in [1.82, 2.24) is 19.6 Å². The molecule has 1 unspecified atom stereocenters. The number of hydrogen-bond donors (Lipinski definition) is 0. The quantitative estimate of drug-likeness (QED) is 0.692. The zero-order valence-electron chi connectivity index (χ0n) is 11.9. The van der Waals surface area contributed by atoms with Crippen LogP contribution in [0.4, 0.5) is 5.82 Å². The van der Waals surface area contributed by atoms with E-state index in [4.69, 9.17) is 0 Å². The van der Waals surface area contributed by atoms with Crippen molar-refractivity contribution in [3.63, 3.8) is 0 Å². The Morgan fingerprint density at radius 1 is 1.45 bits per heavy atom. The van der Waals surface area contributed by atoms with Crippen LogP contribution in [0.1, 0.15) is 28.9 Å². The minimum absolute atomic E-state index is 0.185. The number of carbonyl (C=O) groups is 1. The van der Waals surface area contributed by atoms with Gasteiger partial charge in [0.25, 0.3) is 0 Å². The van der Waals surface area contributed by atoms with Gasteiger partial charge in [0.1, 0.15) is 6.33 Å². The van der Waals surface area contributed by atoms with Gasteiger partial charge in [-0.2, -0.15) is 0 Å². The van der Waals surface area contributed by atoms with Crippen molar-refractivity contribution in [1.29, 1.82) is 0 Å². The monoisotopic (exact) mass is 313 g/mol. The van der Waals surface area contributed by atoms with Crippen LogP contribution in [-0.2, 0) is 0 Å². The standard InChI is InChI=1S/C15H15N5OS/c21-12(13-4-2-8-22-13)9-11-3-1-6-20(11)14-15-18-17-10-19(15)7-5-16-14/h2,4-5,7-8,10-11H,1,3,6,9H2. The smallest absolute Gasteiger partial charge is 0.203 e. The molecule has 6 nitrogen and oxygen atoms in total. The molecule has 1 atom stereocenters. The highest BCUT2D eigenvalue weighted by Crippen LogP contribution is 2.29. The first-order valence-corrected chi connectivity index (χ1v) is 8.18. The first kappa shape index (κ1) is 13.4. The molecule has 7 heteroatoms. The molecule has 1 aliphatic heterocycles. The molecule has 22 heavy (non-hydrogen) atoms. The molecule has 3 aromatic rings. The van der Waals surface area contributed by atoms with Crippen LogP contribution in [0, 0.1) is 0 Å². The number of carbonyl (C=O) groups excluding carboxylic acids is 1. The van der Waals surface area contributed by atoms with E-state index in [2.05, 4.69) is 20.1 Å². The number of Topliss-reactive ketones (excluding diaryl/α,β-unsaturated/α-hetero) is 1. The number of anilines is 1. The van der Waals surface area contributed by atoms with Gasteiger partial charge in [0.15, 0.2) is 11.6 Å². The molecule has 3 aromatic heterocycles. The van der Waals surface area contributed by atoms with Crippen molar-refractivity contribution in [2.75, 3.05) is 11.4 Å². The summed E-state index contributed by atoms with van der Waals surface area (Å²) in [6.45, 7) is 0.905. The minimum Gasteiger partial charge on any atom is -0.350 e. The summed E-state index contributed by atoms with van der Waals surface area (Å²) in [6.07, 6.45) is 7.86. The lowest BCUT2D eigenvalue weighted by Gasteiger charge is -2.25. The summed E-state index contributed by atoms with van der Waals surface area (Å²) in [5, 5.41) is 10.0. The highest BCUT2D eigenvalue weighted by molar-refractivity contribution is 7.12. The molecule has 0 aromatic carbocycles. The largest absolute Gasteiger partial charge is 0.350 e.